The van der Waals surface area contributed by atoms with Gasteiger partial charge in [-0.05, 0) is 12.0 Å². The Bertz CT molecular complexity index is 804. The molecule has 0 aliphatic carbocycles. The van der Waals surface area contributed by atoms with Gasteiger partial charge in [-0.1, -0.05) is 6.07 Å². The lowest BCUT2D eigenvalue weighted by Gasteiger charge is -2.22. The van der Waals surface area contributed by atoms with E-state index in [0.29, 0.717) is 12.1 Å². The number of rotatable bonds is 4. The van der Waals surface area contributed by atoms with Crippen LogP contribution in [0.25, 0.3) is 0 Å². The van der Waals surface area contributed by atoms with E-state index in [1.165, 1.54) is 21.9 Å². The standard InChI is InChI=1S/C16H16F3N3O5.ClH/c17-16(18,19)12-7-20(6-11(12)15(24)25)8-14(23)21-4-3-9-1-2-10(22(26)27)5-13(9)21;/h1-2,5,11-12H,3-4,6-8H2,(H,24,25);1H/t11-,12-;/m1./s1. The van der Waals surface area contributed by atoms with Crippen LogP contribution in [0.15, 0.2) is 18.2 Å². The second-order valence-electron chi connectivity index (χ2n) is 6.65. The fraction of sp³-hybridized carbons (Fsp3) is 0.500. The van der Waals surface area contributed by atoms with Crippen molar-refractivity contribution in [2.75, 3.05) is 31.1 Å². The number of hydrogen-bond donors (Lipinski definition) is 1. The summed E-state index contributed by atoms with van der Waals surface area (Å²) in [5.41, 5.74) is 0.931. The van der Waals surface area contributed by atoms with E-state index in [-0.39, 0.29) is 37.7 Å². The maximum Gasteiger partial charge on any atom is 0.393 e. The first-order chi connectivity index (χ1) is 12.6. The van der Waals surface area contributed by atoms with Crippen molar-refractivity contribution < 1.29 is 32.8 Å². The Morgan fingerprint density at radius 2 is 1.96 bits per heavy atom. The summed E-state index contributed by atoms with van der Waals surface area (Å²) in [7, 11) is 0. The molecule has 2 heterocycles. The number of benzene rings is 1. The number of carboxylic acids is 1. The highest BCUT2D eigenvalue weighted by atomic mass is 35.5. The molecule has 2 atom stereocenters. The van der Waals surface area contributed by atoms with Crippen LogP contribution in [0.4, 0.5) is 24.5 Å². The normalized spacial score (nSPS) is 21.9. The molecule has 28 heavy (non-hydrogen) atoms. The third kappa shape index (κ3) is 4.20. The zero-order valence-electron chi connectivity index (χ0n) is 14.4. The highest BCUT2D eigenvalue weighted by Crippen LogP contribution is 2.38. The third-order valence-corrected chi connectivity index (χ3v) is 4.97. The van der Waals surface area contributed by atoms with Gasteiger partial charge in [0.1, 0.15) is 0 Å². The molecule has 0 bridgehead atoms. The van der Waals surface area contributed by atoms with Crippen molar-refractivity contribution >= 4 is 35.7 Å². The second kappa shape index (κ2) is 7.92. The van der Waals surface area contributed by atoms with Gasteiger partial charge in [-0.2, -0.15) is 13.2 Å². The van der Waals surface area contributed by atoms with E-state index in [9.17, 15) is 32.9 Å². The maximum atomic E-state index is 13.1. The molecule has 1 aromatic rings. The van der Waals surface area contributed by atoms with Gasteiger partial charge in [0.2, 0.25) is 5.91 Å². The van der Waals surface area contributed by atoms with E-state index in [4.69, 9.17) is 5.11 Å². The van der Waals surface area contributed by atoms with Crippen LogP contribution in [0.1, 0.15) is 5.56 Å². The maximum absolute atomic E-state index is 13.1. The van der Waals surface area contributed by atoms with Crippen molar-refractivity contribution in [2.24, 2.45) is 11.8 Å². The topological polar surface area (TPSA) is 104 Å². The summed E-state index contributed by atoms with van der Waals surface area (Å²) < 4.78 is 39.2. The fourth-order valence-corrected chi connectivity index (χ4v) is 3.61. The third-order valence-electron chi connectivity index (χ3n) is 4.97. The lowest BCUT2D eigenvalue weighted by Crippen LogP contribution is -2.39. The van der Waals surface area contributed by atoms with E-state index in [2.05, 4.69) is 0 Å². The molecule has 3 rings (SSSR count). The molecule has 0 unspecified atom stereocenters. The van der Waals surface area contributed by atoms with E-state index in [1.54, 1.807) is 6.07 Å². The number of nitro benzene ring substituents is 1. The molecule has 0 saturated carbocycles. The van der Waals surface area contributed by atoms with Gasteiger partial charge in [0.25, 0.3) is 5.69 Å². The Kier molecular flexibility index (Phi) is 6.19. The predicted octanol–water partition coefficient (Wildman–Crippen LogP) is 2.10. The molecule has 154 valence electrons. The zero-order chi connectivity index (χ0) is 19.9. The largest absolute Gasteiger partial charge is 0.481 e. The number of nitrogens with zero attached hydrogens (tertiary/aromatic N) is 3. The summed E-state index contributed by atoms with van der Waals surface area (Å²) in [5.74, 6) is -5.71. The number of non-ortho nitro benzene ring substituents is 1. The minimum absolute atomic E-state index is 0. The molecule has 0 radical (unpaired) electrons. The fourth-order valence-electron chi connectivity index (χ4n) is 3.61. The van der Waals surface area contributed by atoms with Gasteiger partial charge in [-0.3, -0.25) is 24.6 Å². The predicted molar refractivity (Wildman–Crippen MR) is 93.5 cm³/mol. The second-order valence-corrected chi connectivity index (χ2v) is 6.65. The number of hydrogen-bond acceptors (Lipinski definition) is 5. The molecule has 0 spiro atoms. The number of carbonyl (C=O) groups excluding carboxylic acids is 1. The molecule has 0 aromatic heterocycles. The van der Waals surface area contributed by atoms with Crippen molar-refractivity contribution in [3.8, 4) is 0 Å². The smallest absolute Gasteiger partial charge is 0.393 e. The quantitative estimate of drug-likeness (QED) is 0.587. The van der Waals surface area contributed by atoms with E-state index in [0.717, 1.165) is 5.56 Å². The van der Waals surface area contributed by atoms with E-state index in [1.807, 2.05) is 0 Å². The first-order valence-corrected chi connectivity index (χ1v) is 8.17. The van der Waals surface area contributed by atoms with Crippen molar-refractivity contribution in [3.05, 3.63) is 33.9 Å². The van der Waals surface area contributed by atoms with Gasteiger partial charge < -0.3 is 10.0 Å². The zero-order valence-corrected chi connectivity index (χ0v) is 15.2. The highest BCUT2D eigenvalue weighted by Gasteiger charge is 2.52. The van der Waals surface area contributed by atoms with Crippen LogP contribution in [0.5, 0.6) is 0 Å². The Labute approximate surface area is 163 Å². The number of fused-ring (bicyclic) bond motifs is 1. The van der Waals surface area contributed by atoms with Crippen LogP contribution >= 0.6 is 12.4 Å². The Morgan fingerprint density at radius 1 is 1.29 bits per heavy atom. The van der Waals surface area contributed by atoms with Gasteiger partial charge in [0.15, 0.2) is 0 Å². The SMILES string of the molecule is Cl.O=C(O)[C@@H]1CN(CC(=O)N2CCc3ccc([N+](=O)[O-])cc32)C[C@H]1C(F)(F)F. The number of carboxylic acid groups (broad SMARTS) is 1. The monoisotopic (exact) mass is 423 g/mol. The molecule has 1 saturated heterocycles. The first-order valence-electron chi connectivity index (χ1n) is 8.17. The summed E-state index contributed by atoms with van der Waals surface area (Å²) >= 11 is 0. The molecule has 1 N–H and O–H groups in total. The van der Waals surface area contributed by atoms with Crippen LogP contribution in [0.2, 0.25) is 0 Å². The number of nitro groups is 1. The van der Waals surface area contributed by atoms with Gasteiger partial charge in [-0.25, -0.2) is 0 Å². The first kappa shape index (κ1) is 21.9. The van der Waals surface area contributed by atoms with Crippen molar-refractivity contribution in [2.45, 2.75) is 12.6 Å². The summed E-state index contributed by atoms with van der Waals surface area (Å²) in [6.45, 7) is -1.05. The molecule has 1 fully saturated rings. The molecule has 2 aliphatic heterocycles. The summed E-state index contributed by atoms with van der Waals surface area (Å²) in [4.78, 5) is 36.5. The van der Waals surface area contributed by atoms with Crippen molar-refractivity contribution in [1.82, 2.24) is 4.90 Å². The van der Waals surface area contributed by atoms with Crippen LogP contribution in [0.3, 0.4) is 0 Å². The minimum atomic E-state index is -4.66. The number of alkyl halides is 3. The molecule has 1 aromatic carbocycles. The number of amides is 1. The van der Waals surface area contributed by atoms with Crippen molar-refractivity contribution in [1.29, 1.82) is 0 Å². The number of likely N-dealkylation sites (tertiary alicyclic amines) is 1. The lowest BCUT2D eigenvalue weighted by atomic mass is 9.96. The molecule has 12 heteroatoms. The van der Waals surface area contributed by atoms with Crippen LogP contribution in [-0.4, -0.2) is 59.2 Å². The molecular formula is C16H17ClF3N3O5. The number of aliphatic carboxylic acids is 1. The number of halogens is 4. The highest BCUT2D eigenvalue weighted by molar-refractivity contribution is 5.97. The summed E-state index contributed by atoms with van der Waals surface area (Å²) in [6.07, 6.45) is -4.18. The summed E-state index contributed by atoms with van der Waals surface area (Å²) in [6, 6.07) is 4.15. The molecule has 2 aliphatic rings. The Morgan fingerprint density at radius 3 is 2.50 bits per heavy atom. The lowest BCUT2D eigenvalue weighted by molar-refractivity contribution is -0.384. The van der Waals surface area contributed by atoms with Crippen LogP contribution in [-0.2, 0) is 16.0 Å². The number of anilines is 1. The molecule has 1 amide bonds. The van der Waals surface area contributed by atoms with Gasteiger partial charge in [0.05, 0.1) is 29.0 Å². The van der Waals surface area contributed by atoms with Gasteiger partial charge >= 0.3 is 12.1 Å². The van der Waals surface area contributed by atoms with Gasteiger partial charge in [0, 0.05) is 31.8 Å². The van der Waals surface area contributed by atoms with Gasteiger partial charge in [-0.15, -0.1) is 12.4 Å². The Hall–Kier alpha value is -2.40. The average Bonchev–Trinajstić information content (AvgIpc) is 3.17. The van der Waals surface area contributed by atoms with Crippen molar-refractivity contribution in [3.63, 3.8) is 0 Å². The van der Waals surface area contributed by atoms with Crippen LogP contribution < -0.4 is 4.90 Å². The molecule has 8 nitrogen and oxygen atoms in total. The van der Waals surface area contributed by atoms with E-state index < -0.39 is 41.4 Å². The Balaban J connectivity index is 0.00000280. The average molecular weight is 424 g/mol. The number of carbonyl (C=O) groups is 2. The minimum Gasteiger partial charge on any atom is -0.481 e. The molecular weight excluding hydrogens is 407 g/mol. The van der Waals surface area contributed by atoms with Crippen LogP contribution in [0, 0.1) is 22.0 Å². The summed E-state index contributed by atoms with van der Waals surface area (Å²) in [5, 5.41) is 20.0. The van der Waals surface area contributed by atoms with E-state index >= 15 is 0 Å².